The molecule has 0 atom stereocenters. The molecular formula is C24H16Cl2N4O5. The molecule has 0 radical (unpaired) electrons. The fraction of sp³-hybridized carbons (Fsp3) is 0. The lowest BCUT2D eigenvalue weighted by molar-refractivity contribution is 0.190. The number of halogens is 2. The van der Waals surface area contributed by atoms with E-state index in [0.29, 0.717) is 4.90 Å². The van der Waals surface area contributed by atoms with Gasteiger partial charge in [0.05, 0.1) is 10.7 Å². The Morgan fingerprint density at radius 3 is 1.91 bits per heavy atom. The van der Waals surface area contributed by atoms with E-state index in [2.05, 4.69) is 9.97 Å². The normalized spacial score (nSPS) is 10.3. The van der Waals surface area contributed by atoms with Gasteiger partial charge in [0.2, 0.25) is 11.8 Å². The van der Waals surface area contributed by atoms with Gasteiger partial charge in [0, 0.05) is 12.3 Å². The number of nitrogens with two attached hydrogens (primary N) is 1. The molecule has 0 saturated heterocycles. The molecule has 0 spiro atoms. The summed E-state index contributed by atoms with van der Waals surface area (Å²) in [5.41, 5.74) is 6.00. The molecule has 0 bridgehead atoms. The van der Waals surface area contributed by atoms with E-state index in [-0.39, 0.29) is 44.8 Å². The van der Waals surface area contributed by atoms with Crippen molar-refractivity contribution in [3.05, 3.63) is 95.1 Å². The molecule has 35 heavy (non-hydrogen) atoms. The van der Waals surface area contributed by atoms with Crippen molar-refractivity contribution in [3.8, 4) is 23.1 Å². The van der Waals surface area contributed by atoms with Crippen molar-refractivity contribution in [2.45, 2.75) is 0 Å². The fourth-order valence-electron chi connectivity index (χ4n) is 2.74. The number of ether oxygens (including phenoxy) is 3. The van der Waals surface area contributed by atoms with E-state index in [0.717, 1.165) is 0 Å². The minimum Gasteiger partial charge on any atom is -0.437 e. The molecule has 0 saturated carbocycles. The predicted octanol–water partition coefficient (Wildman–Crippen LogP) is 6.36. The number of rotatable bonds is 5. The van der Waals surface area contributed by atoms with E-state index >= 15 is 0 Å². The number of nitrogen functional groups attached to an aromatic ring is 1. The van der Waals surface area contributed by atoms with Crippen LogP contribution in [0.2, 0.25) is 10.0 Å². The van der Waals surface area contributed by atoms with E-state index in [1.54, 1.807) is 60.7 Å². The fourth-order valence-corrected chi connectivity index (χ4v) is 3.11. The van der Waals surface area contributed by atoms with Gasteiger partial charge in [-0.25, -0.2) is 14.6 Å². The Balaban J connectivity index is 1.65. The second kappa shape index (κ2) is 10.7. The van der Waals surface area contributed by atoms with Gasteiger partial charge in [-0.3, -0.25) is 0 Å². The van der Waals surface area contributed by atoms with Crippen LogP contribution < -0.4 is 24.8 Å². The van der Waals surface area contributed by atoms with Crippen LogP contribution in [0.1, 0.15) is 0 Å². The zero-order valence-corrected chi connectivity index (χ0v) is 19.3. The molecule has 0 aliphatic heterocycles. The lowest BCUT2D eigenvalue weighted by atomic mass is 10.3. The summed E-state index contributed by atoms with van der Waals surface area (Å²) in [5, 5.41) is 0.175. The smallest absolute Gasteiger partial charge is 0.432 e. The molecule has 1 aromatic heterocycles. The maximum Gasteiger partial charge on any atom is 0.432 e. The zero-order chi connectivity index (χ0) is 24.8. The number of carbonyl (C=O) groups excluding carboxylic acids is 2. The van der Waals surface area contributed by atoms with E-state index in [1.807, 2.05) is 0 Å². The number of imide groups is 1. The van der Waals surface area contributed by atoms with Crippen LogP contribution in [-0.4, -0.2) is 22.2 Å². The van der Waals surface area contributed by atoms with Crippen LogP contribution in [0, 0.1) is 0 Å². The van der Waals surface area contributed by atoms with Gasteiger partial charge in [0.25, 0.3) is 0 Å². The first kappa shape index (κ1) is 23.8. The van der Waals surface area contributed by atoms with Crippen molar-refractivity contribution >= 4 is 47.0 Å². The summed E-state index contributed by atoms with van der Waals surface area (Å²) in [6.07, 6.45) is -0.908. The van der Waals surface area contributed by atoms with Crippen LogP contribution in [-0.2, 0) is 0 Å². The summed E-state index contributed by atoms with van der Waals surface area (Å²) in [7, 11) is 0. The van der Waals surface area contributed by atoms with Crippen molar-refractivity contribution in [1.82, 2.24) is 9.97 Å². The SMILES string of the molecule is Nc1ccc(Oc2ccnc(N(C(=O)Oc3ccccc3)C(=O)Oc3ccccc3)n2)c(Cl)c1Cl. The number of benzene rings is 3. The molecule has 4 rings (SSSR count). The van der Waals surface area contributed by atoms with Gasteiger partial charge in [-0.2, -0.15) is 4.98 Å². The van der Waals surface area contributed by atoms with Gasteiger partial charge >= 0.3 is 12.2 Å². The second-order valence-electron chi connectivity index (χ2n) is 6.78. The zero-order valence-electron chi connectivity index (χ0n) is 17.8. The predicted molar refractivity (Wildman–Crippen MR) is 130 cm³/mol. The molecule has 2 N–H and O–H groups in total. The summed E-state index contributed by atoms with van der Waals surface area (Å²) in [6.45, 7) is 0. The Morgan fingerprint density at radius 2 is 1.34 bits per heavy atom. The van der Waals surface area contributed by atoms with Gasteiger partial charge in [-0.1, -0.05) is 59.6 Å². The summed E-state index contributed by atoms with van der Waals surface area (Å²) in [6, 6.07) is 20.8. The number of carbonyl (C=O) groups is 2. The molecule has 0 unspecified atom stereocenters. The first-order valence-electron chi connectivity index (χ1n) is 10.0. The van der Waals surface area contributed by atoms with Gasteiger partial charge < -0.3 is 19.9 Å². The highest BCUT2D eigenvalue weighted by atomic mass is 35.5. The lowest BCUT2D eigenvalue weighted by Gasteiger charge is -2.18. The third-order valence-corrected chi connectivity index (χ3v) is 5.25. The summed E-state index contributed by atoms with van der Waals surface area (Å²) >= 11 is 12.3. The van der Waals surface area contributed by atoms with Crippen LogP contribution in [0.25, 0.3) is 0 Å². The van der Waals surface area contributed by atoms with Gasteiger partial charge in [-0.15, -0.1) is 4.90 Å². The number of hydrogen-bond donors (Lipinski definition) is 1. The van der Waals surface area contributed by atoms with Gasteiger partial charge in [0.15, 0.2) is 0 Å². The van der Waals surface area contributed by atoms with Gasteiger partial charge in [0.1, 0.15) is 22.3 Å². The standard InChI is InChI=1S/C24H16Cl2N4O5/c25-20-17(27)11-12-18(21(20)26)35-19-13-14-28-22(29-19)30(23(31)33-15-7-3-1-4-8-15)24(32)34-16-9-5-2-6-10-16/h1-14H,27H2. The second-order valence-corrected chi connectivity index (χ2v) is 7.53. The van der Waals surface area contributed by atoms with Crippen LogP contribution in [0.3, 0.4) is 0 Å². The number of amides is 2. The van der Waals surface area contributed by atoms with Crippen molar-refractivity contribution in [3.63, 3.8) is 0 Å². The maximum absolute atomic E-state index is 13.0. The molecule has 3 aromatic carbocycles. The number of nitrogens with zero attached hydrogens (tertiary/aromatic N) is 3. The lowest BCUT2D eigenvalue weighted by Crippen LogP contribution is -2.42. The topological polar surface area (TPSA) is 117 Å². The molecule has 9 nitrogen and oxygen atoms in total. The van der Waals surface area contributed by atoms with Crippen LogP contribution in [0.5, 0.6) is 23.1 Å². The van der Waals surface area contributed by atoms with Crippen LogP contribution >= 0.6 is 23.2 Å². The Kier molecular flexibility index (Phi) is 7.30. The molecule has 11 heteroatoms. The quantitative estimate of drug-likeness (QED) is 0.308. The minimum absolute atomic E-state index is 0.0391. The van der Waals surface area contributed by atoms with Crippen molar-refractivity contribution < 1.29 is 23.8 Å². The third-order valence-electron chi connectivity index (χ3n) is 4.37. The Morgan fingerprint density at radius 1 is 0.771 bits per heavy atom. The Labute approximate surface area is 209 Å². The summed E-state index contributed by atoms with van der Waals surface area (Å²) < 4.78 is 16.3. The number of para-hydroxylation sites is 2. The van der Waals surface area contributed by atoms with Crippen molar-refractivity contribution in [1.29, 1.82) is 0 Å². The third kappa shape index (κ3) is 5.78. The van der Waals surface area contributed by atoms with E-state index < -0.39 is 12.2 Å². The molecule has 0 aliphatic rings. The molecule has 2 amide bonds. The molecule has 1 heterocycles. The number of anilines is 2. The largest absolute Gasteiger partial charge is 0.437 e. The van der Waals surface area contributed by atoms with Crippen molar-refractivity contribution in [2.24, 2.45) is 0 Å². The van der Waals surface area contributed by atoms with Crippen LogP contribution in [0.15, 0.2) is 85.1 Å². The van der Waals surface area contributed by atoms with Gasteiger partial charge in [-0.05, 0) is 36.4 Å². The minimum atomic E-state index is -1.09. The Hall–Kier alpha value is -4.34. The van der Waals surface area contributed by atoms with Crippen molar-refractivity contribution in [2.75, 3.05) is 10.6 Å². The molecule has 0 fully saturated rings. The monoisotopic (exact) mass is 510 g/mol. The molecular weight excluding hydrogens is 495 g/mol. The van der Waals surface area contributed by atoms with Crippen LogP contribution in [0.4, 0.5) is 21.2 Å². The van der Waals surface area contributed by atoms with E-state index in [9.17, 15) is 9.59 Å². The number of aromatic nitrogens is 2. The number of hydrogen-bond acceptors (Lipinski definition) is 8. The Bertz CT molecular complexity index is 1300. The highest BCUT2D eigenvalue weighted by Crippen LogP contribution is 2.38. The molecule has 0 aliphatic carbocycles. The average Bonchev–Trinajstić information content (AvgIpc) is 2.86. The van der Waals surface area contributed by atoms with E-state index in [1.165, 1.54) is 24.4 Å². The highest BCUT2D eigenvalue weighted by molar-refractivity contribution is 6.44. The first-order chi connectivity index (χ1) is 16.9. The van der Waals surface area contributed by atoms with E-state index in [4.69, 9.17) is 43.1 Å². The summed E-state index contributed by atoms with van der Waals surface area (Å²) in [5.74, 6) is 0.155. The average molecular weight is 511 g/mol. The highest BCUT2D eigenvalue weighted by Gasteiger charge is 2.31. The molecule has 176 valence electrons. The first-order valence-corrected chi connectivity index (χ1v) is 10.8. The maximum atomic E-state index is 13.0. The molecule has 4 aromatic rings. The summed E-state index contributed by atoms with van der Waals surface area (Å²) in [4.78, 5) is 34.7.